The number of rotatable bonds is 4. The van der Waals surface area contributed by atoms with Crippen molar-refractivity contribution in [3.8, 4) is 0 Å². The van der Waals surface area contributed by atoms with Crippen LogP contribution in [0.5, 0.6) is 0 Å². The molecule has 1 saturated heterocycles. The summed E-state index contributed by atoms with van der Waals surface area (Å²) in [7, 11) is 0. The van der Waals surface area contributed by atoms with Crippen molar-refractivity contribution in [1.82, 2.24) is 4.90 Å². The average Bonchev–Trinajstić information content (AvgIpc) is 2.68. The lowest BCUT2D eigenvalue weighted by Gasteiger charge is -2.24. The maximum absolute atomic E-state index is 13.2. The van der Waals surface area contributed by atoms with E-state index in [4.69, 9.17) is 5.11 Å². The van der Waals surface area contributed by atoms with Crippen molar-refractivity contribution in [2.45, 2.75) is 25.8 Å². The Balaban J connectivity index is 2.11. The van der Waals surface area contributed by atoms with Gasteiger partial charge < -0.3 is 5.11 Å². The Labute approximate surface area is 106 Å². The zero-order chi connectivity index (χ0) is 13.1. The van der Waals surface area contributed by atoms with Gasteiger partial charge in [0.2, 0.25) is 0 Å². The second-order valence-electron chi connectivity index (χ2n) is 5.05. The highest BCUT2D eigenvalue weighted by molar-refractivity contribution is 5.66. The summed E-state index contributed by atoms with van der Waals surface area (Å²) in [6.45, 7) is 3.56. The molecule has 4 heteroatoms. The molecule has 18 heavy (non-hydrogen) atoms. The van der Waals surface area contributed by atoms with E-state index in [2.05, 4.69) is 11.8 Å². The average molecular weight is 251 g/mol. The summed E-state index contributed by atoms with van der Waals surface area (Å²) >= 11 is 0. The monoisotopic (exact) mass is 251 g/mol. The molecule has 1 fully saturated rings. The summed E-state index contributed by atoms with van der Waals surface area (Å²) in [5, 5.41) is 8.75. The maximum Gasteiger partial charge on any atom is 0.304 e. The van der Waals surface area contributed by atoms with Crippen LogP contribution in [0, 0.1) is 11.7 Å². The van der Waals surface area contributed by atoms with E-state index in [9.17, 15) is 9.18 Å². The van der Waals surface area contributed by atoms with Gasteiger partial charge in [0.25, 0.3) is 0 Å². The first-order valence-corrected chi connectivity index (χ1v) is 6.27. The van der Waals surface area contributed by atoms with Gasteiger partial charge in [-0.05, 0) is 30.0 Å². The molecule has 0 radical (unpaired) electrons. The van der Waals surface area contributed by atoms with Crippen LogP contribution in [-0.2, 0) is 4.79 Å². The van der Waals surface area contributed by atoms with Gasteiger partial charge in [-0.25, -0.2) is 4.39 Å². The third-order valence-electron chi connectivity index (χ3n) is 3.46. The van der Waals surface area contributed by atoms with Crippen molar-refractivity contribution >= 4 is 5.97 Å². The smallest absolute Gasteiger partial charge is 0.304 e. The predicted octanol–water partition coefficient (Wildman–Crippen LogP) is 2.68. The lowest BCUT2D eigenvalue weighted by Crippen LogP contribution is -2.26. The fraction of sp³-hybridized carbons (Fsp3) is 0.500. The Kier molecular flexibility index (Phi) is 3.97. The van der Waals surface area contributed by atoms with Crippen LogP contribution in [0.4, 0.5) is 4.39 Å². The van der Waals surface area contributed by atoms with Crippen LogP contribution >= 0.6 is 0 Å². The molecule has 0 aliphatic carbocycles. The lowest BCUT2D eigenvalue weighted by atomic mass is 10.0. The molecule has 0 saturated carbocycles. The summed E-state index contributed by atoms with van der Waals surface area (Å²) in [6.07, 6.45) is 1.10. The maximum atomic E-state index is 13.2. The Morgan fingerprint density at radius 2 is 2.33 bits per heavy atom. The molecule has 2 atom stereocenters. The lowest BCUT2D eigenvalue weighted by molar-refractivity contribution is -0.137. The Morgan fingerprint density at radius 3 is 3.00 bits per heavy atom. The van der Waals surface area contributed by atoms with Gasteiger partial charge in [-0.2, -0.15) is 0 Å². The molecule has 1 N–H and O–H groups in total. The van der Waals surface area contributed by atoms with Crippen LogP contribution in [0.25, 0.3) is 0 Å². The van der Waals surface area contributed by atoms with E-state index in [1.54, 1.807) is 12.1 Å². The minimum atomic E-state index is -0.785. The van der Waals surface area contributed by atoms with Crippen molar-refractivity contribution in [3.63, 3.8) is 0 Å². The number of benzene rings is 1. The van der Waals surface area contributed by atoms with E-state index in [1.165, 1.54) is 6.07 Å². The highest BCUT2D eigenvalue weighted by Gasteiger charge is 2.30. The summed E-state index contributed by atoms with van der Waals surface area (Å²) < 4.78 is 13.2. The van der Waals surface area contributed by atoms with Gasteiger partial charge in [0, 0.05) is 19.1 Å². The fourth-order valence-electron chi connectivity index (χ4n) is 2.68. The van der Waals surface area contributed by atoms with E-state index in [0.717, 1.165) is 18.5 Å². The van der Waals surface area contributed by atoms with Crippen LogP contribution in [-0.4, -0.2) is 29.1 Å². The van der Waals surface area contributed by atoms with Crippen molar-refractivity contribution < 1.29 is 14.3 Å². The molecule has 0 aromatic heterocycles. The molecular formula is C14H18FNO2. The van der Waals surface area contributed by atoms with Crippen LogP contribution in [0.3, 0.4) is 0 Å². The molecule has 0 amide bonds. The van der Waals surface area contributed by atoms with Crippen molar-refractivity contribution in [2.75, 3.05) is 13.1 Å². The number of halogens is 1. The van der Waals surface area contributed by atoms with E-state index in [1.807, 2.05) is 6.07 Å². The van der Waals surface area contributed by atoms with E-state index in [0.29, 0.717) is 12.5 Å². The van der Waals surface area contributed by atoms with Crippen LogP contribution in [0.1, 0.15) is 31.4 Å². The van der Waals surface area contributed by atoms with Gasteiger partial charge in [0.15, 0.2) is 0 Å². The number of carboxylic acid groups (broad SMARTS) is 1. The number of likely N-dealkylation sites (tertiary alicyclic amines) is 1. The van der Waals surface area contributed by atoms with Gasteiger partial charge in [-0.15, -0.1) is 0 Å². The van der Waals surface area contributed by atoms with E-state index >= 15 is 0 Å². The molecular weight excluding hydrogens is 233 g/mol. The van der Waals surface area contributed by atoms with Crippen LogP contribution in [0.15, 0.2) is 24.3 Å². The largest absolute Gasteiger partial charge is 0.481 e. The zero-order valence-corrected chi connectivity index (χ0v) is 10.5. The minimum absolute atomic E-state index is 0.137. The van der Waals surface area contributed by atoms with E-state index in [-0.39, 0.29) is 18.3 Å². The molecule has 1 heterocycles. The Morgan fingerprint density at radius 1 is 1.56 bits per heavy atom. The van der Waals surface area contributed by atoms with E-state index < -0.39 is 5.97 Å². The SMILES string of the molecule is C[C@H]1C[C@H](c2cccc(F)c2)N(CCC(=O)O)C1. The Hall–Kier alpha value is -1.42. The molecule has 3 nitrogen and oxygen atoms in total. The third-order valence-corrected chi connectivity index (χ3v) is 3.46. The second-order valence-corrected chi connectivity index (χ2v) is 5.05. The predicted molar refractivity (Wildman–Crippen MR) is 66.7 cm³/mol. The molecule has 98 valence electrons. The summed E-state index contributed by atoms with van der Waals surface area (Å²) in [6, 6.07) is 6.76. The summed E-state index contributed by atoms with van der Waals surface area (Å²) in [5.41, 5.74) is 0.949. The molecule has 1 aliphatic rings. The fourth-order valence-corrected chi connectivity index (χ4v) is 2.68. The number of hydrogen-bond acceptors (Lipinski definition) is 2. The zero-order valence-electron chi connectivity index (χ0n) is 10.5. The first kappa shape index (κ1) is 13.0. The molecule has 2 rings (SSSR count). The van der Waals surface area contributed by atoms with Gasteiger partial charge in [0.05, 0.1) is 6.42 Å². The molecule has 0 spiro atoms. The molecule has 0 bridgehead atoms. The molecule has 1 aliphatic heterocycles. The van der Waals surface area contributed by atoms with Gasteiger partial charge in [-0.3, -0.25) is 9.69 Å². The first-order chi connectivity index (χ1) is 8.56. The Bertz CT molecular complexity index is 436. The van der Waals surface area contributed by atoms with Crippen molar-refractivity contribution in [3.05, 3.63) is 35.6 Å². The number of carboxylic acids is 1. The van der Waals surface area contributed by atoms with Gasteiger partial charge in [-0.1, -0.05) is 19.1 Å². The first-order valence-electron chi connectivity index (χ1n) is 6.27. The third kappa shape index (κ3) is 3.07. The van der Waals surface area contributed by atoms with Crippen molar-refractivity contribution in [1.29, 1.82) is 0 Å². The van der Waals surface area contributed by atoms with Gasteiger partial charge >= 0.3 is 5.97 Å². The second kappa shape index (κ2) is 5.48. The van der Waals surface area contributed by atoms with Crippen LogP contribution < -0.4 is 0 Å². The normalized spacial score (nSPS) is 24.3. The van der Waals surface area contributed by atoms with Crippen LogP contribution in [0.2, 0.25) is 0 Å². The quantitative estimate of drug-likeness (QED) is 0.894. The highest BCUT2D eigenvalue weighted by Crippen LogP contribution is 2.35. The number of carbonyl (C=O) groups is 1. The summed E-state index contributed by atoms with van der Waals surface area (Å²) in [5.74, 6) is -0.496. The number of hydrogen-bond donors (Lipinski definition) is 1. The highest BCUT2D eigenvalue weighted by atomic mass is 19.1. The molecule has 1 aromatic carbocycles. The topological polar surface area (TPSA) is 40.5 Å². The van der Waals surface area contributed by atoms with Crippen molar-refractivity contribution in [2.24, 2.45) is 5.92 Å². The minimum Gasteiger partial charge on any atom is -0.481 e. The number of aliphatic carboxylic acids is 1. The molecule has 1 aromatic rings. The summed E-state index contributed by atoms with van der Waals surface area (Å²) in [4.78, 5) is 12.8. The number of nitrogens with zero attached hydrogens (tertiary/aromatic N) is 1. The molecule has 0 unspecified atom stereocenters. The standard InChI is InChI=1S/C14H18FNO2/c1-10-7-13(11-3-2-4-12(15)8-11)16(9-10)6-5-14(17)18/h2-4,8,10,13H,5-7,9H2,1H3,(H,17,18)/t10-,13+/m0/s1. The van der Waals surface area contributed by atoms with Gasteiger partial charge in [0.1, 0.15) is 5.82 Å².